The SMILES string of the molecule is Cn1c(-c2cccnc2)nc2c(C#N)cccc21. The summed E-state index contributed by atoms with van der Waals surface area (Å²) in [4.78, 5) is 8.65. The predicted octanol–water partition coefficient (Wildman–Crippen LogP) is 2.51. The van der Waals surface area contributed by atoms with Gasteiger partial charge in [-0.25, -0.2) is 4.98 Å². The summed E-state index contributed by atoms with van der Waals surface area (Å²) in [6.45, 7) is 0. The molecule has 3 aromatic rings. The third-order valence-electron chi connectivity index (χ3n) is 2.95. The molecule has 0 amide bonds. The zero-order valence-corrected chi connectivity index (χ0v) is 9.83. The Bertz CT molecular complexity index is 751. The number of pyridine rings is 1. The number of aryl methyl sites for hydroxylation is 1. The number of fused-ring (bicyclic) bond motifs is 1. The van der Waals surface area contributed by atoms with Gasteiger partial charge >= 0.3 is 0 Å². The van der Waals surface area contributed by atoms with Crippen LogP contribution in [0.15, 0.2) is 42.7 Å². The Morgan fingerprint density at radius 3 is 2.83 bits per heavy atom. The summed E-state index contributed by atoms with van der Waals surface area (Å²) in [5, 5.41) is 9.09. The first-order valence-electron chi connectivity index (χ1n) is 5.57. The Balaban J connectivity index is 2.34. The fraction of sp³-hybridized carbons (Fsp3) is 0.0714. The number of hydrogen-bond acceptors (Lipinski definition) is 3. The zero-order chi connectivity index (χ0) is 12.5. The summed E-state index contributed by atoms with van der Waals surface area (Å²) in [5.74, 6) is 0.820. The molecule has 0 spiro atoms. The molecular weight excluding hydrogens is 224 g/mol. The average molecular weight is 234 g/mol. The molecule has 2 heterocycles. The highest BCUT2D eigenvalue weighted by atomic mass is 15.1. The van der Waals surface area contributed by atoms with Gasteiger partial charge in [0.15, 0.2) is 0 Å². The maximum Gasteiger partial charge on any atom is 0.142 e. The monoisotopic (exact) mass is 234 g/mol. The smallest absolute Gasteiger partial charge is 0.142 e. The Labute approximate surface area is 104 Å². The Morgan fingerprint density at radius 1 is 1.22 bits per heavy atom. The standard InChI is InChI=1S/C14H10N4/c1-18-12-6-2-4-10(8-15)13(12)17-14(18)11-5-3-7-16-9-11/h2-7,9H,1H3. The van der Waals surface area contributed by atoms with E-state index >= 15 is 0 Å². The molecule has 0 aliphatic carbocycles. The highest BCUT2D eigenvalue weighted by molar-refractivity contribution is 5.85. The van der Waals surface area contributed by atoms with Crippen molar-refractivity contribution in [1.82, 2.24) is 14.5 Å². The van der Waals surface area contributed by atoms with Gasteiger partial charge in [-0.2, -0.15) is 5.26 Å². The molecule has 0 aliphatic rings. The molecule has 18 heavy (non-hydrogen) atoms. The Morgan fingerprint density at radius 2 is 2.11 bits per heavy atom. The van der Waals surface area contributed by atoms with Gasteiger partial charge < -0.3 is 4.57 Å². The van der Waals surface area contributed by atoms with E-state index in [4.69, 9.17) is 5.26 Å². The van der Waals surface area contributed by atoms with Crippen molar-refractivity contribution in [3.05, 3.63) is 48.3 Å². The molecule has 0 bridgehead atoms. The van der Waals surface area contributed by atoms with Gasteiger partial charge in [0.05, 0.1) is 11.1 Å². The van der Waals surface area contributed by atoms with E-state index in [2.05, 4.69) is 16.0 Å². The summed E-state index contributed by atoms with van der Waals surface area (Å²) in [6.07, 6.45) is 3.50. The lowest BCUT2D eigenvalue weighted by Crippen LogP contribution is -1.92. The average Bonchev–Trinajstić information content (AvgIpc) is 2.77. The van der Waals surface area contributed by atoms with Crippen LogP contribution in [0.3, 0.4) is 0 Å². The minimum absolute atomic E-state index is 0.596. The van der Waals surface area contributed by atoms with Crippen LogP contribution < -0.4 is 0 Å². The second-order valence-corrected chi connectivity index (χ2v) is 4.02. The molecule has 0 fully saturated rings. The minimum Gasteiger partial charge on any atom is -0.327 e. The van der Waals surface area contributed by atoms with Crippen LogP contribution in [0.25, 0.3) is 22.4 Å². The molecule has 0 unspecified atom stereocenters. The van der Waals surface area contributed by atoms with Gasteiger partial charge in [0.25, 0.3) is 0 Å². The molecule has 3 rings (SSSR count). The van der Waals surface area contributed by atoms with Gasteiger partial charge in [0.1, 0.15) is 17.4 Å². The number of hydrogen-bond donors (Lipinski definition) is 0. The van der Waals surface area contributed by atoms with Crippen molar-refractivity contribution < 1.29 is 0 Å². The third-order valence-corrected chi connectivity index (χ3v) is 2.95. The minimum atomic E-state index is 0.596. The van der Waals surface area contributed by atoms with Gasteiger partial charge in [-0.05, 0) is 24.3 Å². The van der Waals surface area contributed by atoms with E-state index in [0.717, 1.165) is 22.4 Å². The van der Waals surface area contributed by atoms with E-state index in [9.17, 15) is 0 Å². The lowest BCUT2D eigenvalue weighted by molar-refractivity contribution is 0.957. The first kappa shape index (κ1) is 10.5. The molecule has 4 nitrogen and oxygen atoms in total. The topological polar surface area (TPSA) is 54.5 Å². The van der Waals surface area contributed by atoms with E-state index < -0.39 is 0 Å². The summed E-state index contributed by atoms with van der Waals surface area (Å²) in [5.41, 5.74) is 3.23. The first-order chi connectivity index (χ1) is 8.81. The largest absolute Gasteiger partial charge is 0.327 e. The van der Waals surface area contributed by atoms with Gasteiger partial charge in [-0.1, -0.05) is 6.07 Å². The van der Waals surface area contributed by atoms with Gasteiger partial charge in [-0.15, -0.1) is 0 Å². The van der Waals surface area contributed by atoms with Crippen molar-refractivity contribution in [3.8, 4) is 17.5 Å². The van der Waals surface area contributed by atoms with Crippen LogP contribution in [0.5, 0.6) is 0 Å². The number of aromatic nitrogens is 3. The second-order valence-electron chi connectivity index (χ2n) is 4.02. The van der Waals surface area contributed by atoms with Crippen molar-refractivity contribution in [2.24, 2.45) is 7.05 Å². The van der Waals surface area contributed by atoms with Crippen LogP contribution in [0.2, 0.25) is 0 Å². The molecule has 0 aliphatic heterocycles. The molecule has 0 radical (unpaired) electrons. The lowest BCUT2D eigenvalue weighted by atomic mass is 10.2. The summed E-state index contributed by atoms with van der Waals surface area (Å²) < 4.78 is 1.98. The summed E-state index contributed by atoms with van der Waals surface area (Å²) in [6, 6.07) is 11.6. The fourth-order valence-corrected chi connectivity index (χ4v) is 2.06. The molecule has 0 saturated carbocycles. The number of nitriles is 1. The molecule has 1 aromatic carbocycles. The first-order valence-corrected chi connectivity index (χ1v) is 5.57. The highest BCUT2D eigenvalue weighted by Crippen LogP contribution is 2.24. The van der Waals surface area contributed by atoms with Crippen LogP contribution >= 0.6 is 0 Å². The maximum absolute atomic E-state index is 9.09. The van der Waals surface area contributed by atoms with Crippen LogP contribution in [-0.4, -0.2) is 14.5 Å². The van der Waals surface area contributed by atoms with E-state index in [1.807, 2.05) is 35.9 Å². The normalized spacial score (nSPS) is 10.4. The molecule has 0 atom stereocenters. The van der Waals surface area contributed by atoms with E-state index in [-0.39, 0.29) is 0 Å². The van der Waals surface area contributed by atoms with E-state index in [1.165, 1.54) is 0 Å². The number of rotatable bonds is 1. The lowest BCUT2D eigenvalue weighted by Gasteiger charge is -2.00. The molecule has 2 aromatic heterocycles. The van der Waals surface area contributed by atoms with Crippen molar-refractivity contribution in [3.63, 3.8) is 0 Å². The molecule has 0 saturated heterocycles. The van der Waals surface area contributed by atoms with Crippen molar-refractivity contribution in [2.45, 2.75) is 0 Å². The Kier molecular flexibility index (Phi) is 2.31. The van der Waals surface area contributed by atoms with Gasteiger partial charge in [-0.3, -0.25) is 4.98 Å². The van der Waals surface area contributed by atoms with Crippen molar-refractivity contribution >= 4 is 11.0 Å². The Hall–Kier alpha value is -2.67. The van der Waals surface area contributed by atoms with Crippen molar-refractivity contribution in [1.29, 1.82) is 5.26 Å². The number of imidazole rings is 1. The molecule has 0 N–H and O–H groups in total. The van der Waals surface area contributed by atoms with Crippen LogP contribution in [-0.2, 0) is 7.05 Å². The molecular formula is C14H10N4. The quantitative estimate of drug-likeness (QED) is 0.650. The van der Waals surface area contributed by atoms with Crippen molar-refractivity contribution in [2.75, 3.05) is 0 Å². The third kappa shape index (κ3) is 1.45. The number of benzene rings is 1. The summed E-state index contributed by atoms with van der Waals surface area (Å²) >= 11 is 0. The maximum atomic E-state index is 9.09. The zero-order valence-electron chi connectivity index (χ0n) is 9.83. The fourth-order valence-electron chi connectivity index (χ4n) is 2.06. The predicted molar refractivity (Wildman–Crippen MR) is 68.7 cm³/mol. The molecule has 86 valence electrons. The highest BCUT2D eigenvalue weighted by Gasteiger charge is 2.12. The van der Waals surface area contributed by atoms with E-state index in [0.29, 0.717) is 5.56 Å². The van der Waals surface area contributed by atoms with Crippen LogP contribution in [0.1, 0.15) is 5.56 Å². The molecule has 4 heteroatoms. The van der Waals surface area contributed by atoms with Crippen LogP contribution in [0.4, 0.5) is 0 Å². The number of para-hydroxylation sites is 1. The van der Waals surface area contributed by atoms with Crippen LogP contribution in [0, 0.1) is 11.3 Å². The van der Waals surface area contributed by atoms with Gasteiger partial charge in [0, 0.05) is 25.0 Å². The van der Waals surface area contributed by atoms with E-state index in [1.54, 1.807) is 18.5 Å². The summed E-state index contributed by atoms with van der Waals surface area (Å²) in [7, 11) is 1.94. The number of nitrogens with zero attached hydrogens (tertiary/aromatic N) is 4. The van der Waals surface area contributed by atoms with Gasteiger partial charge in [0.2, 0.25) is 0 Å². The second kappa shape index (κ2) is 3.97.